The number of likely N-dealkylation sites (tertiary alicyclic amines) is 1. The maximum absolute atomic E-state index is 12.4. The van der Waals surface area contributed by atoms with Crippen molar-refractivity contribution in [3.05, 3.63) is 29.3 Å². The second-order valence-corrected chi connectivity index (χ2v) is 6.53. The second kappa shape index (κ2) is 6.95. The highest BCUT2D eigenvalue weighted by atomic mass is 32.1. The van der Waals surface area contributed by atoms with E-state index < -0.39 is 6.09 Å². The van der Waals surface area contributed by atoms with E-state index in [2.05, 4.69) is 10.1 Å². The fourth-order valence-electron chi connectivity index (χ4n) is 2.84. The van der Waals surface area contributed by atoms with Crippen LogP contribution in [0.2, 0.25) is 0 Å². The Morgan fingerprint density at radius 2 is 2.22 bits per heavy atom. The van der Waals surface area contributed by atoms with Crippen LogP contribution in [0.5, 0.6) is 0 Å². The number of ether oxygens (including phenoxy) is 1. The number of fused-ring (bicyclic) bond motifs is 1. The highest BCUT2D eigenvalue weighted by Gasteiger charge is 2.30. The first-order valence-electron chi connectivity index (χ1n) is 7.66. The van der Waals surface area contributed by atoms with Crippen molar-refractivity contribution >= 4 is 33.6 Å². The van der Waals surface area contributed by atoms with Crippen LogP contribution in [0.4, 0.5) is 4.79 Å². The van der Waals surface area contributed by atoms with Crippen molar-refractivity contribution in [3.63, 3.8) is 0 Å². The number of carbonyl (C=O) groups is 2. The number of nitrogens with zero attached hydrogens (tertiary/aromatic N) is 2. The molecule has 1 saturated heterocycles. The highest BCUT2D eigenvalue weighted by Crippen LogP contribution is 2.35. The minimum Gasteiger partial charge on any atom is -0.453 e. The Labute approximate surface area is 138 Å². The molecule has 0 spiro atoms. The molecule has 1 aliphatic heterocycles. The van der Waals surface area contributed by atoms with E-state index in [4.69, 9.17) is 4.98 Å². The number of hydrogen-bond donors (Lipinski definition) is 1. The number of nitrogens with one attached hydrogen (secondary N) is 1. The van der Waals surface area contributed by atoms with Crippen LogP contribution in [0.25, 0.3) is 10.2 Å². The number of para-hydroxylation sites is 1. The third kappa shape index (κ3) is 3.44. The zero-order chi connectivity index (χ0) is 16.2. The summed E-state index contributed by atoms with van der Waals surface area (Å²) in [6, 6.07) is 7.99. The Morgan fingerprint density at radius 1 is 1.39 bits per heavy atom. The van der Waals surface area contributed by atoms with Gasteiger partial charge in [0.25, 0.3) is 0 Å². The number of rotatable bonds is 3. The molecule has 1 aromatic heterocycles. The minimum atomic E-state index is -0.591. The predicted molar refractivity (Wildman–Crippen MR) is 88.3 cm³/mol. The van der Waals surface area contributed by atoms with E-state index in [-0.39, 0.29) is 18.5 Å². The summed E-state index contributed by atoms with van der Waals surface area (Å²) in [5, 5.41) is 3.43. The normalized spacial score (nSPS) is 18.0. The number of alkyl carbamates (subject to hydrolysis) is 1. The van der Waals surface area contributed by atoms with Gasteiger partial charge in [0.1, 0.15) is 11.6 Å². The Kier molecular flexibility index (Phi) is 4.76. The molecular weight excluding hydrogens is 314 g/mol. The van der Waals surface area contributed by atoms with E-state index in [0.29, 0.717) is 6.54 Å². The van der Waals surface area contributed by atoms with Crippen molar-refractivity contribution in [2.24, 2.45) is 0 Å². The van der Waals surface area contributed by atoms with E-state index in [0.717, 1.165) is 34.5 Å². The molecule has 3 rings (SSSR count). The molecule has 23 heavy (non-hydrogen) atoms. The summed E-state index contributed by atoms with van der Waals surface area (Å²) < 4.78 is 5.64. The SMILES string of the molecule is COC(=O)NCC(=O)N1CCCC[C@@H]1c1nc2ccccc2s1. The number of amides is 2. The first-order chi connectivity index (χ1) is 11.2. The van der Waals surface area contributed by atoms with Gasteiger partial charge in [-0.2, -0.15) is 0 Å². The molecule has 1 atom stereocenters. The predicted octanol–water partition coefficient (Wildman–Crippen LogP) is 2.71. The molecule has 0 saturated carbocycles. The number of methoxy groups -OCH3 is 1. The molecular formula is C16H19N3O3S. The van der Waals surface area contributed by atoms with Gasteiger partial charge in [-0.25, -0.2) is 9.78 Å². The quantitative estimate of drug-likeness (QED) is 0.937. The molecule has 6 nitrogen and oxygen atoms in total. The zero-order valence-corrected chi connectivity index (χ0v) is 13.8. The first kappa shape index (κ1) is 15.7. The lowest BCUT2D eigenvalue weighted by Gasteiger charge is -2.34. The van der Waals surface area contributed by atoms with Crippen LogP contribution in [-0.2, 0) is 9.53 Å². The number of carbonyl (C=O) groups excluding carboxylic acids is 2. The summed E-state index contributed by atoms with van der Waals surface area (Å²) in [4.78, 5) is 30.1. The van der Waals surface area contributed by atoms with Crippen molar-refractivity contribution in [3.8, 4) is 0 Å². The molecule has 0 bridgehead atoms. The van der Waals surface area contributed by atoms with Gasteiger partial charge < -0.3 is 15.0 Å². The van der Waals surface area contributed by atoms with E-state index >= 15 is 0 Å². The Balaban J connectivity index is 1.78. The van der Waals surface area contributed by atoms with Crippen LogP contribution < -0.4 is 5.32 Å². The van der Waals surface area contributed by atoms with E-state index in [1.54, 1.807) is 11.3 Å². The van der Waals surface area contributed by atoms with Gasteiger partial charge in [0.15, 0.2) is 0 Å². The minimum absolute atomic E-state index is 0.00639. The summed E-state index contributed by atoms with van der Waals surface area (Å²) >= 11 is 1.64. The van der Waals surface area contributed by atoms with Gasteiger partial charge in [-0.3, -0.25) is 4.79 Å². The second-order valence-electron chi connectivity index (χ2n) is 5.46. The van der Waals surface area contributed by atoms with Crippen LogP contribution in [0, 0.1) is 0 Å². The largest absolute Gasteiger partial charge is 0.453 e. The van der Waals surface area contributed by atoms with Crippen LogP contribution >= 0.6 is 11.3 Å². The lowest BCUT2D eigenvalue weighted by molar-refractivity contribution is -0.134. The summed E-state index contributed by atoms with van der Waals surface area (Å²) in [7, 11) is 1.28. The smallest absolute Gasteiger partial charge is 0.407 e. The third-order valence-corrected chi connectivity index (χ3v) is 5.13. The fraction of sp³-hybridized carbons (Fsp3) is 0.438. The Bertz CT molecular complexity index is 682. The van der Waals surface area contributed by atoms with Crippen LogP contribution in [0.3, 0.4) is 0 Å². The molecule has 1 aromatic carbocycles. The zero-order valence-electron chi connectivity index (χ0n) is 12.9. The average molecular weight is 333 g/mol. The Morgan fingerprint density at radius 3 is 3.00 bits per heavy atom. The maximum atomic E-state index is 12.4. The standard InChI is InChI=1S/C16H19N3O3S/c1-22-16(21)17-10-14(20)19-9-5-4-7-12(19)15-18-11-6-2-3-8-13(11)23-15/h2-3,6,8,12H,4-5,7,9-10H2,1H3,(H,17,21)/t12-/m1/s1. The number of benzene rings is 1. The van der Waals surface area contributed by atoms with Crippen LogP contribution in [0.15, 0.2) is 24.3 Å². The van der Waals surface area contributed by atoms with E-state index in [1.807, 2.05) is 29.2 Å². The number of thiazole rings is 1. The molecule has 7 heteroatoms. The maximum Gasteiger partial charge on any atom is 0.407 e. The summed E-state index contributed by atoms with van der Waals surface area (Å²) in [6.45, 7) is 0.649. The number of aromatic nitrogens is 1. The first-order valence-corrected chi connectivity index (χ1v) is 8.47. The van der Waals surface area contributed by atoms with Crippen molar-refractivity contribution in [1.82, 2.24) is 15.2 Å². The van der Waals surface area contributed by atoms with E-state index in [9.17, 15) is 9.59 Å². The lowest BCUT2D eigenvalue weighted by atomic mass is 10.0. The van der Waals surface area contributed by atoms with Gasteiger partial charge in [0.05, 0.1) is 23.4 Å². The van der Waals surface area contributed by atoms with Gasteiger partial charge in [0.2, 0.25) is 5.91 Å². The van der Waals surface area contributed by atoms with Crippen molar-refractivity contribution in [1.29, 1.82) is 0 Å². The summed E-state index contributed by atoms with van der Waals surface area (Å²) in [5.41, 5.74) is 0.971. The monoisotopic (exact) mass is 333 g/mol. The molecule has 122 valence electrons. The van der Waals surface area contributed by atoms with Crippen LogP contribution in [0.1, 0.15) is 30.3 Å². The third-order valence-electron chi connectivity index (χ3n) is 3.99. The Hall–Kier alpha value is -2.15. The van der Waals surface area contributed by atoms with E-state index in [1.165, 1.54) is 7.11 Å². The molecule has 1 fully saturated rings. The average Bonchev–Trinajstić information content (AvgIpc) is 3.03. The van der Waals surface area contributed by atoms with Crippen molar-refractivity contribution in [2.75, 3.05) is 20.2 Å². The molecule has 1 N–H and O–H groups in total. The van der Waals surface area contributed by atoms with Crippen LogP contribution in [-0.4, -0.2) is 42.1 Å². The van der Waals surface area contributed by atoms with Gasteiger partial charge >= 0.3 is 6.09 Å². The molecule has 2 aromatic rings. The van der Waals surface area contributed by atoms with Gasteiger partial charge in [0, 0.05) is 6.54 Å². The summed E-state index contributed by atoms with van der Waals surface area (Å²) in [5.74, 6) is -0.0978. The van der Waals surface area contributed by atoms with Crippen molar-refractivity contribution in [2.45, 2.75) is 25.3 Å². The molecule has 2 amide bonds. The highest BCUT2D eigenvalue weighted by molar-refractivity contribution is 7.18. The number of piperidine rings is 1. The molecule has 2 heterocycles. The topological polar surface area (TPSA) is 71.5 Å². The lowest BCUT2D eigenvalue weighted by Crippen LogP contribution is -2.44. The summed E-state index contributed by atoms with van der Waals surface area (Å²) in [6.07, 6.45) is 2.37. The van der Waals surface area contributed by atoms with Gasteiger partial charge in [-0.05, 0) is 31.4 Å². The fourth-order valence-corrected chi connectivity index (χ4v) is 3.96. The van der Waals surface area contributed by atoms with Gasteiger partial charge in [-0.15, -0.1) is 11.3 Å². The molecule has 1 aliphatic rings. The van der Waals surface area contributed by atoms with Crippen molar-refractivity contribution < 1.29 is 14.3 Å². The number of hydrogen-bond acceptors (Lipinski definition) is 5. The molecule has 0 unspecified atom stereocenters. The molecule has 0 radical (unpaired) electrons. The van der Waals surface area contributed by atoms with Gasteiger partial charge in [-0.1, -0.05) is 12.1 Å². The molecule has 0 aliphatic carbocycles.